The molecular weight excluding hydrogens is 254 g/mol. The van der Waals surface area contributed by atoms with E-state index in [9.17, 15) is 0 Å². The van der Waals surface area contributed by atoms with Crippen molar-refractivity contribution in [2.24, 2.45) is 11.8 Å². The minimum absolute atomic E-state index is 0.718. The van der Waals surface area contributed by atoms with Gasteiger partial charge in [-0.25, -0.2) is 0 Å². The fourth-order valence-corrected chi connectivity index (χ4v) is 3.11. The SMILES string of the molecule is CC1CC=CCC1COCCNCCc1ccsc1. The molecule has 0 bridgehead atoms. The molecular formula is C16H25NOS. The van der Waals surface area contributed by atoms with Gasteiger partial charge in [-0.1, -0.05) is 19.1 Å². The van der Waals surface area contributed by atoms with E-state index in [1.165, 1.54) is 18.4 Å². The topological polar surface area (TPSA) is 21.3 Å². The molecule has 2 unspecified atom stereocenters. The van der Waals surface area contributed by atoms with E-state index in [4.69, 9.17) is 4.74 Å². The van der Waals surface area contributed by atoms with Gasteiger partial charge in [-0.3, -0.25) is 0 Å². The van der Waals surface area contributed by atoms with Gasteiger partial charge in [0.2, 0.25) is 0 Å². The smallest absolute Gasteiger partial charge is 0.0591 e. The van der Waals surface area contributed by atoms with Crippen LogP contribution in [0.25, 0.3) is 0 Å². The van der Waals surface area contributed by atoms with Gasteiger partial charge in [-0.15, -0.1) is 0 Å². The largest absolute Gasteiger partial charge is 0.380 e. The zero-order valence-corrected chi connectivity index (χ0v) is 12.6. The van der Waals surface area contributed by atoms with Crippen molar-refractivity contribution < 1.29 is 4.74 Å². The standard InChI is InChI=1S/C16H25NOS/c1-14-4-2-3-5-16(14)12-18-10-9-17-8-6-15-7-11-19-13-15/h2-3,7,11,13-14,16-17H,4-6,8-10,12H2,1H3. The first-order valence-corrected chi connectivity index (χ1v) is 8.25. The Bertz CT molecular complexity index is 361. The molecule has 2 atom stereocenters. The van der Waals surface area contributed by atoms with Crippen molar-refractivity contribution in [1.82, 2.24) is 5.32 Å². The molecule has 1 aromatic heterocycles. The molecule has 106 valence electrons. The molecule has 19 heavy (non-hydrogen) atoms. The monoisotopic (exact) mass is 279 g/mol. The van der Waals surface area contributed by atoms with Gasteiger partial charge < -0.3 is 10.1 Å². The van der Waals surface area contributed by atoms with Crippen molar-refractivity contribution >= 4 is 11.3 Å². The summed E-state index contributed by atoms with van der Waals surface area (Å²) in [6.45, 7) is 6.08. The molecule has 0 spiro atoms. The second kappa shape index (κ2) is 8.51. The van der Waals surface area contributed by atoms with E-state index in [-0.39, 0.29) is 0 Å². The zero-order chi connectivity index (χ0) is 13.3. The third-order valence-electron chi connectivity index (χ3n) is 3.84. The summed E-state index contributed by atoms with van der Waals surface area (Å²) in [7, 11) is 0. The first-order chi connectivity index (χ1) is 9.36. The summed E-state index contributed by atoms with van der Waals surface area (Å²) in [5, 5.41) is 7.79. The van der Waals surface area contributed by atoms with Crippen molar-refractivity contribution in [3.63, 3.8) is 0 Å². The summed E-state index contributed by atoms with van der Waals surface area (Å²) in [5.41, 5.74) is 1.43. The van der Waals surface area contributed by atoms with Gasteiger partial charge in [0.25, 0.3) is 0 Å². The van der Waals surface area contributed by atoms with Crippen LogP contribution in [0.5, 0.6) is 0 Å². The Hall–Kier alpha value is -0.640. The fraction of sp³-hybridized carbons (Fsp3) is 0.625. The summed E-state index contributed by atoms with van der Waals surface area (Å²) in [5.74, 6) is 1.49. The van der Waals surface area contributed by atoms with E-state index in [2.05, 4.69) is 41.2 Å². The van der Waals surface area contributed by atoms with Gasteiger partial charge in [0, 0.05) is 6.54 Å². The third kappa shape index (κ3) is 5.47. The van der Waals surface area contributed by atoms with E-state index in [1.54, 1.807) is 11.3 Å². The van der Waals surface area contributed by atoms with Crippen molar-refractivity contribution in [2.45, 2.75) is 26.2 Å². The number of thiophene rings is 1. The van der Waals surface area contributed by atoms with Crippen LogP contribution in [-0.4, -0.2) is 26.3 Å². The molecule has 0 amide bonds. The van der Waals surface area contributed by atoms with E-state index in [0.717, 1.165) is 44.6 Å². The second-order valence-electron chi connectivity index (χ2n) is 5.39. The van der Waals surface area contributed by atoms with Crippen molar-refractivity contribution in [3.05, 3.63) is 34.5 Å². The minimum Gasteiger partial charge on any atom is -0.380 e. The molecule has 0 fully saturated rings. The van der Waals surface area contributed by atoms with Crippen LogP contribution in [0, 0.1) is 11.8 Å². The van der Waals surface area contributed by atoms with Gasteiger partial charge in [0.05, 0.1) is 13.2 Å². The molecule has 0 aromatic carbocycles. The first kappa shape index (κ1) is 14.8. The van der Waals surface area contributed by atoms with Gasteiger partial charge in [-0.2, -0.15) is 11.3 Å². The molecule has 0 saturated carbocycles. The predicted molar refractivity (Wildman–Crippen MR) is 82.7 cm³/mol. The summed E-state index contributed by atoms with van der Waals surface area (Å²) >= 11 is 1.77. The lowest BCUT2D eigenvalue weighted by Gasteiger charge is -2.24. The summed E-state index contributed by atoms with van der Waals surface area (Å²) < 4.78 is 5.79. The minimum atomic E-state index is 0.718. The van der Waals surface area contributed by atoms with Crippen LogP contribution in [0.15, 0.2) is 29.0 Å². The van der Waals surface area contributed by atoms with Crippen LogP contribution >= 0.6 is 11.3 Å². The molecule has 1 N–H and O–H groups in total. The lowest BCUT2D eigenvalue weighted by molar-refractivity contribution is 0.0810. The summed E-state index contributed by atoms with van der Waals surface area (Å²) in [4.78, 5) is 0. The van der Waals surface area contributed by atoms with Crippen LogP contribution < -0.4 is 5.32 Å². The van der Waals surface area contributed by atoms with E-state index in [1.807, 2.05) is 0 Å². The molecule has 1 aromatic rings. The number of nitrogens with one attached hydrogen (secondary N) is 1. The highest BCUT2D eigenvalue weighted by molar-refractivity contribution is 7.07. The highest BCUT2D eigenvalue weighted by atomic mass is 32.1. The van der Waals surface area contributed by atoms with Crippen LogP contribution in [-0.2, 0) is 11.2 Å². The number of hydrogen-bond donors (Lipinski definition) is 1. The van der Waals surface area contributed by atoms with Crippen molar-refractivity contribution in [3.8, 4) is 0 Å². The second-order valence-corrected chi connectivity index (χ2v) is 6.17. The molecule has 3 heteroatoms. The summed E-state index contributed by atoms with van der Waals surface area (Å²) in [6.07, 6.45) is 8.12. The Labute approximate surface area is 120 Å². The number of hydrogen-bond acceptors (Lipinski definition) is 3. The molecule has 0 aliphatic heterocycles. The molecule has 0 saturated heterocycles. The molecule has 1 heterocycles. The predicted octanol–water partition coefficient (Wildman–Crippen LogP) is 3.50. The Morgan fingerprint density at radius 3 is 3.00 bits per heavy atom. The first-order valence-electron chi connectivity index (χ1n) is 7.31. The quantitative estimate of drug-likeness (QED) is 0.581. The van der Waals surface area contributed by atoms with Gasteiger partial charge in [0.15, 0.2) is 0 Å². The maximum absolute atomic E-state index is 5.79. The maximum atomic E-state index is 5.79. The molecule has 2 rings (SSSR count). The molecule has 0 radical (unpaired) electrons. The third-order valence-corrected chi connectivity index (χ3v) is 4.58. The average molecular weight is 279 g/mol. The van der Waals surface area contributed by atoms with Gasteiger partial charge in [0.1, 0.15) is 0 Å². The Kier molecular flexibility index (Phi) is 6.62. The highest BCUT2D eigenvalue weighted by Crippen LogP contribution is 2.24. The highest BCUT2D eigenvalue weighted by Gasteiger charge is 2.17. The van der Waals surface area contributed by atoms with Crippen molar-refractivity contribution in [1.29, 1.82) is 0 Å². The zero-order valence-electron chi connectivity index (χ0n) is 11.8. The maximum Gasteiger partial charge on any atom is 0.0591 e. The number of rotatable bonds is 8. The Morgan fingerprint density at radius 1 is 1.32 bits per heavy atom. The normalized spacial score (nSPS) is 22.8. The number of ether oxygens (including phenoxy) is 1. The number of allylic oxidation sites excluding steroid dienone is 2. The Morgan fingerprint density at radius 2 is 2.21 bits per heavy atom. The van der Waals surface area contributed by atoms with E-state index < -0.39 is 0 Å². The van der Waals surface area contributed by atoms with Crippen molar-refractivity contribution in [2.75, 3.05) is 26.3 Å². The molecule has 1 aliphatic carbocycles. The van der Waals surface area contributed by atoms with Gasteiger partial charge >= 0.3 is 0 Å². The van der Waals surface area contributed by atoms with Crippen LogP contribution in [0.1, 0.15) is 25.3 Å². The lowest BCUT2D eigenvalue weighted by Crippen LogP contribution is -2.25. The van der Waals surface area contributed by atoms with Crippen LogP contribution in [0.2, 0.25) is 0 Å². The lowest BCUT2D eigenvalue weighted by atomic mass is 9.85. The van der Waals surface area contributed by atoms with E-state index >= 15 is 0 Å². The van der Waals surface area contributed by atoms with Crippen LogP contribution in [0.3, 0.4) is 0 Å². The van der Waals surface area contributed by atoms with Crippen LogP contribution in [0.4, 0.5) is 0 Å². The fourth-order valence-electron chi connectivity index (χ4n) is 2.41. The molecule has 1 aliphatic rings. The average Bonchev–Trinajstić information content (AvgIpc) is 2.93. The molecule has 2 nitrogen and oxygen atoms in total. The van der Waals surface area contributed by atoms with Gasteiger partial charge in [-0.05, 0) is 60.0 Å². The van der Waals surface area contributed by atoms with E-state index in [0.29, 0.717) is 0 Å². The summed E-state index contributed by atoms with van der Waals surface area (Å²) in [6, 6.07) is 2.20. The Balaban J connectivity index is 1.45.